The van der Waals surface area contributed by atoms with E-state index in [0.717, 1.165) is 29.2 Å². The van der Waals surface area contributed by atoms with E-state index >= 15 is 0 Å². The van der Waals surface area contributed by atoms with Gasteiger partial charge in [0.15, 0.2) is 0 Å². The number of hydrogen-bond acceptors (Lipinski definition) is 4. The van der Waals surface area contributed by atoms with Crippen molar-refractivity contribution >= 4 is 11.4 Å². The second kappa shape index (κ2) is 6.67. The van der Waals surface area contributed by atoms with Crippen LogP contribution in [-0.2, 0) is 6.54 Å². The predicted octanol–water partition coefficient (Wildman–Crippen LogP) is 3.18. The number of ether oxygens (including phenoxy) is 1. The normalized spacial score (nSPS) is 9.95. The van der Waals surface area contributed by atoms with Crippen molar-refractivity contribution in [3.63, 3.8) is 0 Å². The zero-order chi connectivity index (χ0) is 15.2. The molecule has 0 bridgehead atoms. The van der Waals surface area contributed by atoms with E-state index in [1.165, 1.54) is 0 Å². The molecule has 108 valence electrons. The first kappa shape index (κ1) is 14.7. The van der Waals surface area contributed by atoms with Gasteiger partial charge >= 0.3 is 0 Å². The largest absolute Gasteiger partial charge is 0.496 e. The summed E-state index contributed by atoms with van der Waals surface area (Å²) in [4.78, 5) is 2.19. The Balaban J connectivity index is 2.32. The van der Waals surface area contributed by atoms with Gasteiger partial charge in [-0.15, -0.1) is 0 Å². The summed E-state index contributed by atoms with van der Waals surface area (Å²) in [6.45, 7) is 3.59. The van der Waals surface area contributed by atoms with Gasteiger partial charge in [0.05, 0.1) is 18.7 Å². The van der Waals surface area contributed by atoms with E-state index in [0.29, 0.717) is 12.1 Å². The highest BCUT2D eigenvalue weighted by atomic mass is 16.5. The summed E-state index contributed by atoms with van der Waals surface area (Å²) in [6, 6.07) is 15.4. The Morgan fingerprint density at radius 2 is 2.05 bits per heavy atom. The fourth-order valence-electron chi connectivity index (χ4n) is 2.28. The van der Waals surface area contributed by atoms with Crippen LogP contribution in [-0.4, -0.2) is 13.7 Å². The molecule has 2 N–H and O–H groups in total. The standard InChI is InChI=1S/C17H19N3O/c1-3-20(16-6-4-5-15(19)10-16)12-14-9-13(11-18)7-8-17(14)21-2/h4-10H,3,12,19H2,1-2H3. The Kier molecular flexibility index (Phi) is 4.68. The zero-order valence-electron chi connectivity index (χ0n) is 12.3. The monoisotopic (exact) mass is 281 g/mol. The van der Waals surface area contributed by atoms with E-state index < -0.39 is 0 Å². The van der Waals surface area contributed by atoms with Crippen LogP contribution in [0, 0.1) is 11.3 Å². The number of nitriles is 1. The summed E-state index contributed by atoms with van der Waals surface area (Å²) >= 11 is 0. The molecule has 21 heavy (non-hydrogen) atoms. The van der Waals surface area contributed by atoms with E-state index in [4.69, 9.17) is 15.7 Å². The van der Waals surface area contributed by atoms with Crippen LogP contribution >= 0.6 is 0 Å². The first-order valence-corrected chi connectivity index (χ1v) is 6.85. The summed E-state index contributed by atoms with van der Waals surface area (Å²) in [7, 11) is 1.64. The molecule has 0 saturated heterocycles. The van der Waals surface area contributed by atoms with E-state index in [9.17, 15) is 0 Å². The smallest absolute Gasteiger partial charge is 0.123 e. The minimum atomic E-state index is 0.634. The topological polar surface area (TPSA) is 62.3 Å². The van der Waals surface area contributed by atoms with Crippen molar-refractivity contribution in [3.8, 4) is 11.8 Å². The number of nitrogens with two attached hydrogens (primary N) is 1. The summed E-state index contributed by atoms with van der Waals surface area (Å²) < 4.78 is 5.39. The van der Waals surface area contributed by atoms with Crippen molar-refractivity contribution < 1.29 is 4.74 Å². The van der Waals surface area contributed by atoms with Crippen molar-refractivity contribution in [2.75, 3.05) is 24.3 Å². The van der Waals surface area contributed by atoms with Gasteiger partial charge in [-0.2, -0.15) is 5.26 Å². The van der Waals surface area contributed by atoms with Crippen molar-refractivity contribution in [1.29, 1.82) is 5.26 Å². The van der Waals surface area contributed by atoms with Crippen LogP contribution in [0.4, 0.5) is 11.4 Å². The SMILES string of the molecule is CCN(Cc1cc(C#N)ccc1OC)c1cccc(N)c1. The molecule has 0 atom stereocenters. The molecule has 4 nitrogen and oxygen atoms in total. The van der Waals surface area contributed by atoms with Gasteiger partial charge in [-0.25, -0.2) is 0 Å². The highest BCUT2D eigenvalue weighted by Crippen LogP contribution is 2.25. The van der Waals surface area contributed by atoms with Crippen LogP contribution < -0.4 is 15.4 Å². The van der Waals surface area contributed by atoms with Gasteiger partial charge in [0.25, 0.3) is 0 Å². The molecular weight excluding hydrogens is 262 g/mol. The molecule has 4 heteroatoms. The molecule has 0 saturated carbocycles. The Hall–Kier alpha value is -2.67. The number of benzene rings is 2. The van der Waals surface area contributed by atoms with Crippen LogP contribution in [0.15, 0.2) is 42.5 Å². The van der Waals surface area contributed by atoms with Gasteiger partial charge in [-0.05, 0) is 43.3 Å². The van der Waals surface area contributed by atoms with E-state index in [2.05, 4.69) is 17.9 Å². The van der Waals surface area contributed by atoms with Crippen molar-refractivity contribution in [2.45, 2.75) is 13.5 Å². The lowest BCUT2D eigenvalue weighted by molar-refractivity contribution is 0.409. The minimum absolute atomic E-state index is 0.634. The molecule has 0 radical (unpaired) electrons. The van der Waals surface area contributed by atoms with Gasteiger partial charge in [0.1, 0.15) is 5.75 Å². The lowest BCUT2D eigenvalue weighted by Gasteiger charge is -2.24. The van der Waals surface area contributed by atoms with Crippen molar-refractivity contribution in [1.82, 2.24) is 0 Å². The predicted molar refractivity (Wildman–Crippen MR) is 85.3 cm³/mol. The van der Waals surface area contributed by atoms with Gasteiger partial charge in [-0.1, -0.05) is 6.07 Å². The number of rotatable bonds is 5. The maximum absolute atomic E-state index is 9.05. The fourth-order valence-corrected chi connectivity index (χ4v) is 2.28. The third-order valence-electron chi connectivity index (χ3n) is 3.39. The molecule has 0 unspecified atom stereocenters. The van der Waals surface area contributed by atoms with E-state index in [1.807, 2.05) is 36.4 Å². The average molecular weight is 281 g/mol. The summed E-state index contributed by atoms with van der Waals surface area (Å²) in [5, 5.41) is 9.05. The second-order valence-corrected chi connectivity index (χ2v) is 4.75. The van der Waals surface area contributed by atoms with Crippen LogP contribution in [0.25, 0.3) is 0 Å². The molecule has 2 aromatic carbocycles. The third kappa shape index (κ3) is 3.46. The lowest BCUT2D eigenvalue weighted by atomic mass is 10.1. The number of nitrogen functional groups attached to an aromatic ring is 1. The number of anilines is 2. The quantitative estimate of drug-likeness (QED) is 0.855. The highest BCUT2D eigenvalue weighted by molar-refractivity contribution is 5.56. The van der Waals surface area contributed by atoms with Crippen LogP contribution in [0.2, 0.25) is 0 Å². The second-order valence-electron chi connectivity index (χ2n) is 4.75. The Morgan fingerprint density at radius 1 is 1.24 bits per heavy atom. The molecule has 2 rings (SSSR count). The number of methoxy groups -OCH3 is 1. The maximum Gasteiger partial charge on any atom is 0.123 e. The van der Waals surface area contributed by atoms with Crippen molar-refractivity contribution in [2.24, 2.45) is 0 Å². The molecular formula is C17H19N3O. The Morgan fingerprint density at radius 3 is 2.67 bits per heavy atom. The maximum atomic E-state index is 9.05. The Labute approximate surface area is 125 Å². The summed E-state index contributed by atoms with van der Waals surface area (Å²) in [5.74, 6) is 0.788. The number of nitrogens with zero attached hydrogens (tertiary/aromatic N) is 2. The average Bonchev–Trinajstić information content (AvgIpc) is 2.52. The Bertz CT molecular complexity index is 661. The van der Waals surface area contributed by atoms with E-state index in [-0.39, 0.29) is 0 Å². The van der Waals surface area contributed by atoms with Gasteiger partial charge in [0, 0.05) is 30.0 Å². The number of hydrogen-bond donors (Lipinski definition) is 1. The summed E-state index contributed by atoms with van der Waals surface area (Å²) in [6.07, 6.45) is 0. The van der Waals surface area contributed by atoms with Gasteiger partial charge < -0.3 is 15.4 Å². The highest BCUT2D eigenvalue weighted by Gasteiger charge is 2.10. The van der Waals surface area contributed by atoms with Gasteiger partial charge in [0.2, 0.25) is 0 Å². The molecule has 0 heterocycles. The summed E-state index contributed by atoms with van der Waals surface area (Å²) in [5.41, 5.74) is 9.27. The molecule has 0 aromatic heterocycles. The molecule has 2 aromatic rings. The van der Waals surface area contributed by atoms with Crippen LogP contribution in [0.1, 0.15) is 18.1 Å². The first-order chi connectivity index (χ1) is 10.2. The molecule has 0 fully saturated rings. The van der Waals surface area contributed by atoms with Crippen LogP contribution in [0.5, 0.6) is 5.75 Å². The fraction of sp³-hybridized carbons (Fsp3) is 0.235. The van der Waals surface area contributed by atoms with E-state index in [1.54, 1.807) is 13.2 Å². The molecule has 0 amide bonds. The van der Waals surface area contributed by atoms with Gasteiger partial charge in [-0.3, -0.25) is 0 Å². The van der Waals surface area contributed by atoms with Crippen molar-refractivity contribution in [3.05, 3.63) is 53.6 Å². The van der Waals surface area contributed by atoms with Crippen LogP contribution in [0.3, 0.4) is 0 Å². The lowest BCUT2D eigenvalue weighted by Crippen LogP contribution is -2.22. The minimum Gasteiger partial charge on any atom is -0.496 e. The third-order valence-corrected chi connectivity index (χ3v) is 3.39. The molecule has 0 aliphatic heterocycles. The zero-order valence-corrected chi connectivity index (χ0v) is 12.3. The first-order valence-electron chi connectivity index (χ1n) is 6.85. The molecule has 0 aliphatic rings. The molecule has 0 aliphatic carbocycles. The molecule has 0 spiro atoms.